The van der Waals surface area contributed by atoms with Crippen molar-refractivity contribution in [1.82, 2.24) is 5.32 Å². The Morgan fingerprint density at radius 3 is 1.37 bits per heavy atom. The Balaban J connectivity index is 4.74. The van der Waals surface area contributed by atoms with Crippen LogP contribution in [0.5, 0.6) is 0 Å². The molecular weight excluding hydrogens is 779 g/mol. The van der Waals surface area contributed by atoms with Crippen LogP contribution in [0.3, 0.4) is 0 Å². The van der Waals surface area contributed by atoms with Crippen molar-refractivity contribution in [2.24, 2.45) is 0 Å². The number of aliphatic hydroxyl groups excluding tert-OH is 2. The zero-order chi connectivity index (χ0) is 45.9. The highest BCUT2D eigenvalue weighted by Crippen LogP contribution is 2.17. The van der Waals surface area contributed by atoms with Gasteiger partial charge in [0.25, 0.3) is 0 Å². The average molecular weight is 878 g/mol. The molecule has 0 aliphatic carbocycles. The number of aliphatic hydroxyl groups is 2. The fraction of sp³-hybridized carbons (Fsp3) is 0.719. The number of carbonyl (C=O) groups excluding carboxylic acids is 2. The normalized spacial score (nSPS) is 13.9. The molecule has 0 fully saturated rings. The smallest absolute Gasteiger partial charge is 0.306 e. The molecule has 63 heavy (non-hydrogen) atoms. The number of rotatable bonds is 46. The molecule has 3 unspecified atom stereocenters. The Morgan fingerprint density at radius 1 is 0.476 bits per heavy atom. The lowest BCUT2D eigenvalue weighted by atomic mass is 10.0. The number of carbonyl (C=O) groups is 2. The number of hydrogen-bond donors (Lipinski definition) is 3. The highest BCUT2D eigenvalue weighted by atomic mass is 16.5. The topological polar surface area (TPSA) is 95.9 Å². The minimum Gasteiger partial charge on any atom is -0.462 e. The molecule has 1 amide bonds. The standard InChI is InChI=1S/C57H99NO5/c1-4-7-10-13-16-19-22-25-27-28-29-31-33-36-39-42-45-48-53(63-57(62)50-47-44-41-38-35-32-26-23-20-17-14-11-8-5-2)51-56(61)58-54(52-59)55(60)49-46-43-40-37-34-30-24-21-18-15-12-9-6-3/h8,11,16-17,19-20,25-27,29,31-32,36,39,53-55,59-60H,4-7,9-10,12-15,18,21-24,28,30,33-35,37-38,40-52H2,1-3H3,(H,58,61)/b11-8+,19-16-,20-17+,27-25-,31-29-,32-26+,39-36-. The van der Waals surface area contributed by atoms with Gasteiger partial charge in [0.2, 0.25) is 5.91 Å². The lowest BCUT2D eigenvalue weighted by Crippen LogP contribution is -2.46. The van der Waals surface area contributed by atoms with E-state index in [2.05, 4.69) is 111 Å². The second-order valence-corrected chi connectivity index (χ2v) is 17.5. The molecule has 0 aromatic carbocycles. The van der Waals surface area contributed by atoms with Crippen molar-refractivity contribution in [1.29, 1.82) is 0 Å². The predicted octanol–water partition coefficient (Wildman–Crippen LogP) is 16.0. The summed E-state index contributed by atoms with van der Waals surface area (Å²) in [4.78, 5) is 26.2. The van der Waals surface area contributed by atoms with Gasteiger partial charge in [0.05, 0.1) is 25.2 Å². The third-order valence-corrected chi connectivity index (χ3v) is 11.5. The molecule has 3 N–H and O–H groups in total. The number of hydrogen-bond acceptors (Lipinski definition) is 5. The number of unbranched alkanes of at least 4 members (excludes halogenated alkanes) is 20. The van der Waals surface area contributed by atoms with Crippen LogP contribution in [0, 0.1) is 0 Å². The summed E-state index contributed by atoms with van der Waals surface area (Å²) in [5.74, 6) is -0.557. The Hall–Kier alpha value is -2.96. The Kier molecular flexibility index (Phi) is 47.7. The maximum Gasteiger partial charge on any atom is 0.306 e. The fourth-order valence-corrected chi connectivity index (χ4v) is 7.49. The molecule has 0 radical (unpaired) electrons. The largest absolute Gasteiger partial charge is 0.462 e. The van der Waals surface area contributed by atoms with Crippen molar-refractivity contribution in [3.63, 3.8) is 0 Å². The first-order valence-electron chi connectivity index (χ1n) is 26.3. The number of allylic oxidation sites excluding steroid dienone is 14. The highest BCUT2D eigenvalue weighted by Gasteiger charge is 2.24. The van der Waals surface area contributed by atoms with Crippen LogP contribution in [0.25, 0.3) is 0 Å². The predicted molar refractivity (Wildman–Crippen MR) is 273 cm³/mol. The molecule has 0 heterocycles. The molecular formula is C57H99NO5. The molecule has 0 aliphatic rings. The van der Waals surface area contributed by atoms with Crippen LogP contribution in [0.15, 0.2) is 85.1 Å². The number of nitrogens with one attached hydrogen (secondary N) is 1. The first-order chi connectivity index (χ1) is 31.0. The van der Waals surface area contributed by atoms with E-state index in [1.165, 1.54) is 89.9 Å². The molecule has 0 bridgehead atoms. The summed E-state index contributed by atoms with van der Waals surface area (Å²) < 4.78 is 5.90. The van der Waals surface area contributed by atoms with Gasteiger partial charge in [-0.05, 0) is 96.3 Å². The Morgan fingerprint density at radius 2 is 0.873 bits per heavy atom. The van der Waals surface area contributed by atoms with Crippen LogP contribution in [0.2, 0.25) is 0 Å². The van der Waals surface area contributed by atoms with E-state index in [4.69, 9.17) is 4.74 Å². The number of esters is 1. The zero-order valence-corrected chi connectivity index (χ0v) is 41.2. The van der Waals surface area contributed by atoms with Crippen molar-refractivity contribution in [2.45, 2.75) is 257 Å². The van der Waals surface area contributed by atoms with E-state index in [0.29, 0.717) is 19.3 Å². The van der Waals surface area contributed by atoms with E-state index >= 15 is 0 Å². The zero-order valence-electron chi connectivity index (χ0n) is 41.2. The molecule has 0 aromatic rings. The van der Waals surface area contributed by atoms with Gasteiger partial charge in [0.15, 0.2) is 0 Å². The fourth-order valence-electron chi connectivity index (χ4n) is 7.49. The van der Waals surface area contributed by atoms with E-state index in [9.17, 15) is 19.8 Å². The van der Waals surface area contributed by atoms with E-state index in [0.717, 1.165) is 103 Å². The minimum atomic E-state index is -0.810. The van der Waals surface area contributed by atoms with Crippen LogP contribution >= 0.6 is 0 Å². The van der Waals surface area contributed by atoms with Crippen LogP contribution in [-0.4, -0.2) is 46.9 Å². The third kappa shape index (κ3) is 45.4. The van der Waals surface area contributed by atoms with E-state index < -0.39 is 18.2 Å². The number of ether oxygens (including phenoxy) is 1. The molecule has 0 spiro atoms. The molecule has 0 aliphatic heterocycles. The first kappa shape index (κ1) is 60.0. The van der Waals surface area contributed by atoms with Gasteiger partial charge in [-0.25, -0.2) is 0 Å². The summed E-state index contributed by atoms with van der Waals surface area (Å²) in [6.45, 7) is 6.32. The second-order valence-electron chi connectivity index (χ2n) is 17.5. The van der Waals surface area contributed by atoms with Gasteiger partial charge in [-0.3, -0.25) is 9.59 Å². The van der Waals surface area contributed by atoms with Crippen LogP contribution < -0.4 is 5.32 Å². The molecule has 6 heteroatoms. The van der Waals surface area contributed by atoms with Gasteiger partial charge in [-0.15, -0.1) is 0 Å². The third-order valence-electron chi connectivity index (χ3n) is 11.5. The monoisotopic (exact) mass is 878 g/mol. The van der Waals surface area contributed by atoms with Gasteiger partial charge in [0, 0.05) is 6.42 Å². The van der Waals surface area contributed by atoms with Crippen molar-refractivity contribution in [3.05, 3.63) is 85.1 Å². The van der Waals surface area contributed by atoms with Crippen molar-refractivity contribution in [2.75, 3.05) is 6.61 Å². The Labute approximate surface area is 389 Å². The maximum absolute atomic E-state index is 13.2. The summed E-state index contributed by atoms with van der Waals surface area (Å²) in [5.41, 5.74) is 0. The Bertz CT molecular complexity index is 1210. The van der Waals surface area contributed by atoms with Crippen molar-refractivity contribution >= 4 is 11.9 Å². The molecule has 0 aromatic heterocycles. The molecule has 3 atom stereocenters. The van der Waals surface area contributed by atoms with Crippen LogP contribution in [-0.2, 0) is 14.3 Å². The van der Waals surface area contributed by atoms with E-state index in [1.807, 2.05) is 0 Å². The van der Waals surface area contributed by atoms with Gasteiger partial charge in [0.1, 0.15) is 6.10 Å². The summed E-state index contributed by atoms with van der Waals surface area (Å²) in [5, 5.41) is 23.8. The lowest BCUT2D eigenvalue weighted by molar-refractivity contribution is -0.151. The molecule has 0 saturated heterocycles. The molecule has 0 saturated carbocycles. The summed E-state index contributed by atoms with van der Waals surface area (Å²) >= 11 is 0. The molecule has 362 valence electrons. The SMILES string of the molecule is CC/C=C/C/C=C/C/C=C/CCCCCCC(=O)OC(CCC/C=C\C/C=C\C/C=C\C/C=C\CCCCC)CC(=O)NC(CO)C(O)CCCCCCCCCCCCCCC. The molecule has 6 nitrogen and oxygen atoms in total. The number of amides is 1. The lowest BCUT2D eigenvalue weighted by Gasteiger charge is -2.24. The second kappa shape index (κ2) is 50.0. The van der Waals surface area contributed by atoms with Gasteiger partial charge in [-0.2, -0.15) is 0 Å². The first-order valence-corrected chi connectivity index (χ1v) is 26.3. The molecule has 0 rings (SSSR count). The van der Waals surface area contributed by atoms with Gasteiger partial charge >= 0.3 is 5.97 Å². The van der Waals surface area contributed by atoms with E-state index in [1.54, 1.807) is 0 Å². The maximum atomic E-state index is 13.2. The van der Waals surface area contributed by atoms with E-state index in [-0.39, 0.29) is 24.9 Å². The van der Waals surface area contributed by atoms with Gasteiger partial charge < -0.3 is 20.3 Å². The van der Waals surface area contributed by atoms with Crippen molar-refractivity contribution < 1.29 is 24.5 Å². The average Bonchev–Trinajstić information content (AvgIpc) is 3.28. The quantitative estimate of drug-likeness (QED) is 0.0322. The van der Waals surface area contributed by atoms with Gasteiger partial charge in [-0.1, -0.05) is 215 Å². The summed E-state index contributed by atoms with van der Waals surface area (Å²) in [6, 6.07) is -0.728. The van der Waals surface area contributed by atoms with Crippen LogP contribution in [0.4, 0.5) is 0 Å². The highest BCUT2D eigenvalue weighted by molar-refractivity contribution is 5.77. The summed E-state index contributed by atoms with van der Waals surface area (Å²) in [6.07, 6.45) is 65.0. The summed E-state index contributed by atoms with van der Waals surface area (Å²) in [7, 11) is 0. The minimum absolute atomic E-state index is 0.0271. The van der Waals surface area contributed by atoms with Crippen LogP contribution in [0.1, 0.15) is 239 Å². The van der Waals surface area contributed by atoms with Crippen molar-refractivity contribution in [3.8, 4) is 0 Å².